The molecule has 3 heterocycles. The van der Waals surface area contributed by atoms with Gasteiger partial charge in [-0.3, -0.25) is 0 Å². The first kappa shape index (κ1) is 9.48. The van der Waals surface area contributed by atoms with E-state index in [1.165, 1.54) is 5.56 Å². The van der Waals surface area contributed by atoms with Crippen LogP contribution in [-0.2, 0) is 0 Å². The van der Waals surface area contributed by atoms with Crippen molar-refractivity contribution in [1.82, 2.24) is 9.38 Å². The van der Waals surface area contributed by atoms with Crippen molar-refractivity contribution in [3.05, 3.63) is 61.3 Å². The molecule has 86 valence electrons. The molecule has 2 aromatic heterocycles. The highest BCUT2D eigenvalue weighted by Crippen LogP contribution is 2.30. The third-order valence-corrected chi connectivity index (χ3v) is 3.16. The van der Waals surface area contributed by atoms with E-state index in [0.29, 0.717) is 0 Å². The third-order valence-electron chi connectivity index (χ3n) is 3.16. The lowest BCUT2D eigenvalue weighted by Gasteiger charge is -2.02. The fraction of sp³-hybridized carbons (Fsp3) is 0. The number of nitrogens with zero attached hydrogens (tertiary/aromatic N) is 2. The van der Waals surface area contributed by atoms with Crippen LogP contribution in [0.25, 0.3) is 28.1 Å². The molecule has 1 aliphatic heterocycles. The summed E-state index contributed by atoms with van der Waals surface area (Å²) < 4.78 is 7.66. The fourth-order valence-corrected chi connectivity index (χ4v) is 2.25. The fourth-order valence-electron chi connectivity index (χ4n) is 2.25. The topological polar surface area (TPSA) is 30.4 Å². The zero-order chi connectivity index (χ0) is 11.9. The minimum absolute atomic E-state index is 0.794. The van der Waals surface area contributed by atoms with Gasteiger partial charge < -0.3 is 8.82 Å². The van der Waals surface area contributed by atoms with Crippen LogP contribution in [0.2, 0.25) is 0 Å². The summed E-state index contributed by atoms with van der Waals surface area (Å²) in [6.07, 6.45) is 5.56. The average Bonchev–Trinajstić information content (AvgIpc) is 3.04. The molecule has 0 unspecified atom stereocenters. The van der Waals surface area contributed by atoms with E-state index in [0.717, 1.165) is 22.5 Å². The number of hydrogen-bond acceptors (Lipinski definition) is 2. The predicted molar refractivity (Wildman–Crippen MR) is 69.5 cm³/mol. The molecule has 1 aliphatic carbocycles. The summed E-state index contributed by atoms with van der Waals surface area (Å²) in [5, 5.41) is 0. The second kappa shape index (κ2) is 3.47. The molecule has 0 bridgehead atoms. The Morgan fingerprint density at radius 2 is 1.94 bits per heavy atom. The minimum Gasteiger partial charge on any atom is -0.462 e. The van der Waals surface area contributed by atoms with Crippen LogP contribution in [0.5, 0.6) is 0 Å². The standard InChI is InChI=1S/C15H10N2O/c1-2-7-17-10-16-15(13(17)6-1)14-8-11-4-3-5-12(11)9-18-14/h1-10H. The molecule has 0 N–H and O–H groups in total. The van der Waals surface area contributed by atoms with Gasteiger partial charge in [-0.2, -0.15) is 0 Å². The summed E-state index contributed by atoms with van der Waals surface area (Å²) in [4.78, 5) is 4.43. The summed E-state index contributed by atoms with van der Waals surface area (Å²) in [5.41, 5.74) is 4.21. The second-order valence-electron chi connectivity index (χ2n) is 4.27. The van der Waals surface area contributed by atoms with Crippen molar-refractivity contribution >= 4 is 5.52 Å². The van der Waals surface area contributed by atoms with Crippen molar-refractivity contribution in [2.24, 2.45) is 0 Å². The largest absolute Gasteiger partial charge is 0.462 e. The Kier molecular flexibility index (Phi) is 1.83. The molecule has 18 heavy (non-hydrogen) atoms. The normalized spacial score (nSPS) is 11.3. The minimum atomic E-state index is 0.794. The van der Waals surface area contributed by atoms with Gasteiger partial charge in [-0.1, -0.05) is 24.3 Å². The van der Waals surface area contributed by atoms with Crippen molar-refractivity contribution in [2.75, 3.05) is 0 Å². The maximum Gasteiger partial charge on any atom is 0.154 e. The molecule has 2 aromatic rings. The number of pyridine rings is 1. The Hall–Kier alpha value is -2.55. The average molecular weight is 234 g/mol. The van der Waals surface area contributed by atoms with E-state index in [1.807, 2.05) is 47.0 Å². The van der Waals surface area contributed by atoms with Crippen molar-refractivity contribution in [1.29, 1.82) is 0 Å². The molecule has 0 fully saturated rings. The Morgan fingerprint density at radius 1 is 1.00 bits per heavy atom. The van der Waals surface area contributed by atoms with Gasteiger partial charge in [-0.25, -0.2) is 4.98 Å². The van der Waals surface area contributed by atoms with Gasteiger partial charge in [-0.15, -0.1) is 0 Å². The van der Waals surface area contributed by atoms with E-state index in [9.17, 15) is 0 Å². The van der Waals surface area contributed by atoms with E-state index >= 15 is 0 Å². The summed E-state index contributed by atoms with van der Waals surface area (Å²) in [6, 6.07) is 14.2. The zero-order valence-electron chi connectivity index (χ0n) is 9.58. The van der Waals surface area contributed by atoms with E-state index in [4.69, 9.17) is 4.42 Å². The van der Waals surface area contributed by atoms with E-state index in [1.54, 1.807) is 12.6 Å². The van der Waals surface area contributed by atoms with Crippen LogP contribution in [-0.4, -0.2) is 9.38 Å². The number of fused-ring (bicyclic) bond motifs is 2. The van der Waals surface area contributed by atoms with Crippen LogP contribution in [0.4, 0.5) is 0 Å². The Morgan fingerprint density at radius 3 is 2.94 bits per heavy atom. The van der Waals surface area contributed by atoms with Gasteiger partial charge in [0.15, 0.2) is 5.76 Å². The van der Waals surface area contributed by atoms with Crippen molar-refractivity contribution < 1.29 is 4.42 Å². The van der Waals surface area contributed by atoms with Crippen molar-refractivity contribution in [3.8, 4) is 22.6 Å². The SMILES string of the molecule is c1cc2coc(-c3ncn4ccccc34)cc-2c1. The first-order chi connectivity index (χ1) is 8.92. The molecular weight excluding hydrogens is 224 g/mol. The summed E-state index contributed by atoms with van der Waals surface area (Å²) in [5.74, 6) is 0.794. The third kappa shape index (κ3) is 1.27. The highest BCUT2D eigenvalue weighted by molar-refractivity contribution is 5.77. The summed E-state index contributed by atoms with van der Waals surface area (Å²) in [6.45, 7) is 0. The molecule has 0 atom stereocenters. The zero-order valence-corrected chi connectivity index (χ0v) is 9.58. The second-order valence-corrected chi connectivity index (χ2v) is 4.27. The summed E-state index contributed by atoms with van der Waals surface area (Å²) in [7, 11) is 0. The van der Waals surface area contributed by atoms with Gasteiger partial charge in [0, 0.05) is 11.8 Å². The highest BCUT2D eigenvalue weighted by atomic mass is 16.3. The maximum absolute atomic E-state index is 5.68. The lowest BCUT2D eigenvalue weighted by molar-refractivity contribution is 0.566. The molecule has 4 rings (SSSR count). The molecule has 0 spiro atoms. The molecule has 0 saturated carbocycles. The van der Waals surface area contributed by atoms with E-state index < -0.39 is 0 Å². The molecule has 3 heteroatoms. The molecule has 3 nitrogen and oxygen atoms in total. The molecule has 0 aromatic carbocycles. The van der Waals surface area contributed by atoms with Crippen LogP contribution in [0.1, 0.15) is 0 Å². The first-order valence-electron chi connectivity index (χ1n) is 5.81. The molecule has 2 aliphatic rings. The first-order valence-corrected chi connectivity index (χ1v) is 5.81. The van der Waals surface area contributed by atoms with Gasteiger partial charge in [0.2, 0.25) is 0 Å². The predicted octanol–water partition coefficient (Wildman–Crippen LogP) is 3.70. The van der Waals surface area contributed by atoms with E-state index in [-0.39, 0.29) is 0 Å². The van der Waals surface area contributed by atoms with Gasteiger partial charge in [0.1, 0.15) is 12.0 Å². The monoisotopic (exact) mass is 234 g/mol. The Balaban J connectivity index is 1.99. The van der Waals surface area contributed by atoms with Crippen LogP contribution in [0.3, 0.4) is 0 Å². The molecule has 0 saturated heterocycles. The lowest BCUT2D eigenvalue weighted by atomic mass is 10.1. The van der Waals surface area contributed by atoms with Gasteiger partial charge in [0.25, 0.3) is 0 Å². The van der Waals surface area contributed by atoms with Crippen LogP contribution < -0.4 is 0 Å². The highest BCUT2D eigenvalue weighted by Gasteiger charge is 2.11. The van der Waals surface area contributed by atoms with Gasteiger partial charge >= 0.3 is 0 Å². The number of aromatic nitrogens is 2. The lowest BCUT2D eigenvalue weighted by Crippen LogP contribution is -1.82. The van der Waals surface area contributed by atoms with Crippen LogP contribution in [0.15, 0.2) is 65.7 Å². The smallest absolute Gasteiger partial charge is 0.154 e. The summed E-state index contributed by atoms with van der Waals surface area (Å²) >= 11 is 0. The van der Waals surface area contributed by atoms with Crippen LogP contribution >= 0.6 is 0 Å². The quantitative estimate of drug-likeness (QED) is 0.502. The molecule has 0 amide bonds. The van der Waals surface area contributed by atoms with Crippen LogP contribution in [0, 0.1) is 0 Å². The van der Waals surface area contributed by atoms with Crippen molar-refractivity contribution in [2.45, 2.75) is 0 Å². The Labute approximate surface area is 104 Å². The number of imidazole rings is 1. The van der Waals surface area contributed by atoms with E-state index in [2.05, 4.69) is 11.1 Å². The Bertz CT molecular complexity index is 797. The number of hydrogen-bond donors (Lipinski definition) is 0. The number of rotatable bonds is 1. The molecule has 0 radical (unpaired) electrons. The molecular formula is C15H10N2O. The van der Waals surface area contributed by atoms with Crippen molar-refractivity contribution in [3.63, 3.8) is 0 Å². The maximum atomic E-state index is 5.68. The van der Waals surface area contributed by atoms with Gasteiger partial charge in [0.05, 0.1) is 11.8 Å². The van der Waals surface area contributed by atoms with Gasteiger partial charge in [-0.05, 0) is 23.8 Å².